The summed E-state index contributed by atoms with van der Waals surface area (Å²) in [6, 6.07) is 10.5. The first-order chi connectivity index (χ1) is 3.93. The Labute approximate surface area is 60.2 Å². The standard InChI is InChI=1S/C6H6P.Li/c7-6-4-2-1-3-5-6;/h1-5,7H;/q-1;+1. The summed E-state index contributed by atoms with van der Waals surface area (Å²) in [4.78, 5) is 0. The molecule has 0 radical (unpaired) electrons. The zero-order valence-electron chi connectivity index (χ0n) is 4.89. The van der Waals surface area contributed by atoms with Crippen molar-refractivity contribution in [2.45, 2.75) is 0 Å². The molecule has 0 amide bonds. The van der Waals surface area contributed by atoms with Gasteiger partial charge < -0.3 is 0 Å². The van der Waals surface area contributed by atoms with E-state index in [0.717, 1.165) is 7.01 Å². The van der Waals surface area contributed by atoms with Crippen LogP contribution in [0.2, 0.25) is 0 Å². The second-order valence-electron chi connectivity index (χ2n) is 1.62. The molecule has 8 heavy (non-hydrogen) atoms. The van der Waals surface area contributed by atoms with Crippen molar-refractivity contribution in [3.8, 4) is 0 Å². The molecule has 1 atom stereocenters. The molecule has 1 rings (SSSR count). The summed E-state index contributed by atoms with van der Waals surface area (Å²) in [5, 5.41) is 1.44. The van der Waals surface area contributed by atoms with Crippen molar-refractivity contribution in [2.24, 2.45) is 0 Å². The number of hydrogen-bond donors (Lipinski definition) is 0. The molecule has 0 aliphatic carbocycles. The predicted octanol–water partition coefficient (Wildman–Crippen LogP) is 1.07. The summed E-state index contributed by atoms with van der Waals surface area (Å²) in [5.41, 5.74) is 0. The number of hydrogen-bond acceptors (Lipinski definition) is 0. The molecule has 0 fully saturated rings. The van der Waals surface area contributed by atoms with E-state index in [2.05, 4.69) is 41.5 Å². The van der Waals surface area contributed by atoms with Crippen LogP contribution in [0.1, 0.15) is 0 Å². The molecule has 1 aromatic carbocycles. The number of benzene rings is 1. The van der Waals surface area contributed by atoms with Gasteiger partial charge in [0.15, 0.2) is 0 Å². The molecule has 0 N–H and O–H groups in total. The van der Waals surface area contributed by atoms with Crippen LogP contribution in [0.15, 0.2) is 30.3 Å². The van der Waals surface area contributed by atoms with Crippen LogP contribution in [0.5, 0.6) is 0 Å². The van der Waals surface area contributed by atoms with E-state index < -0.39 is 0 Å². The molecule has 2 heteroatoms. The summed E-state index contributed by atoms with van der Waals surface area (Å²) >= 11 is 2.19. The molecule has 36 valence electrons. The minimum atomic E-state index is 0.930. The van der Waals surface area contributed by atoms with Gasteiger partial charge in [0, 0.05) is 0 Å². The Morgan fingerprint density at radius 3 is 2.12 bits per heavy atom. The molecular weight excluding hydrogens is 110 g/mol. The molecular formula is C6H6LiP. The molecule has 0 aliphatic heterocycles. The zero-order valence-corrected chi connectivity index (χ0v) is 5.89. The van der Waals surface area contributed by atoms with Gasteiger partial charge in [-0.25, -0.2) is 0 Å². The third kappa shape index (κ3) is 1.64. The minimum absolute atomic E-state index is 0.930. The Kier molecular flexibility index (Phi) is 2.63. The van der Waals surface area contributed by atoms with Crippen molar-refractivity contribution in [2.75, 3.05) is 0 Å². The van der Waals surface area contributed by atoms with Gasteiger partial charge in [0.05, 0.1) is 0 Å². The van der Waals surface area contributed by atoms with Crippen molar-refractivity contribution in [1.82, 2.24) is 0 Å². The zero-order chi connectivity index (χ0) is 5.82. The van der Waals surface area contributed by atoms with Gasteiger partial charge in [0.1, 0.15) is 0 Å². The third-order valence-electron chi connectivity index (χ3n) is 1.06. The summed E-state index contributed by atoms with van der Waals surface area (Å²) in [5.74, 6) is 0. The van der Waals surface area contributed by atoms with Crippen LogP contribution in [0.3, 0.4) is 0 Å². The molecule has 0 saturated carbocycles. The van der Waals surface area contributed by atoms with Crippen LogP contribution in [-0.2, 0) is 0 Å². The van der Waals surface area contributed by atoms with Gasteiger partial charge in [-0.05, 0) is 0 Å². The first kappa shape index (κ1) is 6.37. The molecule has 0 aromatic heterocycles. The fourth-order valence-electron chi connectivity index (χ4n) is 0.605. The Hall–Kier alpha value is 0.247. The molecule has 0 bridgehead atoms. The van der Waals surface area contributed by atoms with Gasteiger partial charge in [0.25, 0.3) is 0 Å². The topological polar surface area (TPSA) is 0 Å². The first-order valence-electron chi connectivity index (χ1n) is 2.66. The fraction of sp³-hybridized carbons (Fsp3) is 0. The maximum atomic E-state index is 2.19. The average Bonchev–Trinajstić information content (AvgIpc) is 1.90. The van der Waals surface area contributed by atoms with Gasteiger partial charge in [-0.1, -0.05) is 0 Å². The van der Waals surface area contributed by atoms with Crippen LogP contribution < -0.4 is 5.30 Å². The van der Waals surface area contributed by atoms with Crippen molar-refractivity contribution in [3.05, 3.63) is 30.3 Å². The molecule has 0 spiro atoms. The average molecular weight is 116 g/mol. The SMILES string of the molecule is [Li][PH]c1ccccc1. The second-order valence-corrected chi connectivity index (χ2v) is 2.69. The number of rotatable bonds is 1. The monoisotopic (exact) mass is 116 g/mol. The first-order valence-corrected chi connectivity index (χ1v) is 4.16. The van der Waals surface area contributed by atoms with Crippen molar-refractivity contribution < 1.29 is 0 Å². The summed E-state index contributed by atoms with van der Waals surface area (Å²) in [6.07, 6.45) is 0. The van der Waals surface area contributed by atoms with Gasteiger partial charge in [-0.2, -0.15) is 0 Å². The molecule has 0 heterocycles. The van der Waals surface area contributed by atoms with E-state index in [0.29, 0.717) is 0 Å². The van der Waals surface area contributed by atoms with Crippen LogP contribution in [0.4, 0.5) is 0 Å². The van der Waals surface area contributed by atoms with E-state index in [9.17, 15) is 0 Å². The normalized spacial score (nSPS) is 10.8. The van der Waals surface area contributed by atoms with Crippen LogP contribution in [0, 0.1) is 0 Å². The Bertz CT molecular complexity index is 150. The van der Waals surface area contributed by atoms with Crippen LogP contribution >= 0.6 is 7.01 Å². The maximum absolute atomic E-state index is 2.19. The Balaban J connectivity index is 2.83. The van der Waals surface area contributed by atoms with E-state index >= 15 is 0 Å². The van der Waals surface area contributed by atoms with Gasteiger partial charge in [-0.3, -0.25) is 0 Å². The van der Waals surface area contributed by atoms with Gasteiger partial charge in [0.2, 0.25) is 0 Å². The Morgan fingerprint density at radius 2 is 1.75 bits per heavy atom. The molecule has 0 aliphatic rings. The van der Waals surface area contributed by atoms with Gasteiger partial charge >= 0.3 is 59.9 Å². The van der Waals surface area contributed by atoms with Crippen molar-refractivity contribution in [1.29, 1.82) is 0 Å². The quantitative estimate of drug-likeness (QED) is 0.380. The predicted molar refractivity (Wildman–Crippen MR) is 40.1 cm³/mol. The third-order valence-corrected chi connectivity index (χ3v) is 1.97. The van der Waals surface area contributed by atoms with Crippen LogP contribution in [0.25, 0.3) is 0 Å². The Morgan fingerprint density at radius 1 is 1.12 bits per heavy atom. The van der Waals surface area contributed by atoms with E-state index in [1.54, 1.807) is 0 Å². The van der Waals surface area contributed by atoms with Gasteiger partial charge in [-0.15, -0.1) is 0 Å². The fourth-order valence-corrected chi connectivity index (χ4v) is 1.13. The van der Waals surface area contributed by atoms with Crippen LogP contribution in [-0.4, -0.2) is 17.2 Å². The molecule has 1 aromatic rings. The molecule has 0 saturated heterocycles. The van der Waals surface area contributed by atoms with E-state index in [-0.39, 0.29) is 0 Å². The van der Waals surface area contributed by atoms with E-state index in [1.165, 1.54) is 5.30 Å². The second kappa shape index (κ2) is 3.31. The summed E-state index contributed by atoms with van der Waals surface area (Å²) in [7, 11) is 0.930. The van der Waals surface area contributed by atoms with E-state index in [4.69, 9.17) is 0 Å². The molecule has 0 nitrogen and oxygen atoms in total. The van der Waals surface area contributed by atoms with E-state index in [1.807, 2.05) is 6.07 Å². The van der Waals surface area contributed by atoms with Crippen molar-refractivity contribution >= 4 is 29.6 Å². The summed E-state index contributed by atoms with van der Waals surface area (Å²) < 4.78 is 0. The molecule has 1 unspecified atom stereocenters. The summed E-state index contributed by atoms with van der Waals surface area (Å²) in [6.45, 7) is 0. The van der Waals surface area contributed by atoms with Crippen molar-refractivity contribution in [3.63, 3.8) is 0 Å².